The van der Waals surface area contributed by atoms with Crippen molar-refractivity contribution in [2.75, 3.05) is 0 Å². The van der Waals surface area contributed by atoms with Crippen LogP contribution in [-0.4, -0.2) is 14.5 Å². The van der Waals surface area contributed by atoms with Crippen molar-refractivity contribution in [3.05, 3.63) is 57.5 Å². The maximum Gasteiger partial charge on any atom is 0.178 e. The van der Waals surface area contributed by atoms with E-state index < -0.39 is 0 Å². The minimum Gasteiger partial charge on any atom is -0.331 e. The maximum atomic E-state index is 5.36. The zero-order chi connectivity index (χ0) is 12.5. The van der Waals surface area contributed by atoms with Crippen LogP contribution >= 0.6 is 28.1 Å². The minimum absolute atomic E-state index is 0.677. The second kappa shape index (κ2) is 4.66. The standard InChI is InChI=1S/C13H10BrN3S/c14-9-4-5-11-12(7-9)17(13(18)16-11)8-10-3-1-2-6-15-10/h1-7H,8H2,(H,16,18). The van der Waals surface area contributed by atoms with E-state index in [1.54, 1.807) is 6.20 Å². The average molecular weight is 320 g/mol. The maximum absolute atomic E-state index is 5.36. The van der Waals surface area contributed by atoms with Gasteiger partial charge < -0.3 is 9.55 Å². The zero-order valence-corrected chi connectivity index (χ0v) is 11.8. The molecule has 0 saturated heterocycles. The Labute approximate surface area is 118 Å². The molecule has 18 heavy (non-hydrogen) atoms. The highest BCUT2D eigenvalue weighted by atomic mass is 79.9. The highest BCUT2D eigenvalue weighted by Gasteiger charge is 2.05. The lowest BCUT2D eigenvalue weighted by Gasteiger charge is -2.04. The Hall–Kier alpha value is -1.46. The van der Waals surface area contributed by atoms with Crippen LogP contribution < -0.4 is 0 Å². The summed E-state index contributed by atoms with van der Waals surface area (Å²) in [6, 6.07) is 12.0. The summed E-state index contributed by atoms with van der Waals surface area (Å²) in [4.78, 5) is 7.53. The molecule has 0 aliphatic heterocycles. The molecule has 0 amide bonds. The molecule has 3 aromatic rings. The third-order valence-corrected chi connectivity index (χ3v) is 3.60. The summed E-state index contributed by atoms with van der Waals surface area (Å²) >= 11 is 8.84. The fourth-order valence-electron chi connectivity index (χ4n) is 1.94. The van der Waals surface area contributed by atoms with Gasteiger partial charge in [-0.15, -0.1) is 0 Å². The van der Waals surface area contributed by atoms with Crippen molar-refractivity contribution in [1.29, 1.82) is 0 Å². The molecule has 0 saturated carbocycles. The lowest BCUT2D eigenvalue weighted by Crippen LogP contribution is -2.01. The molecule has 0 aliphatic rings. The first-order valence-corrected chi connectivity index (χ1v) is 6.72. The van der Waals surface area contributed by atoms with E-state index in [4.69, 9.17) is 12.2 Å². The van der Waals surface area contributed by atoms with Crippen molar-refractivity contribution in [3.63, 3.8) is 0 Å². The number of benzene rings is 1. The molecule has 1 N–H and O–H groups in total. The molecule has 0 unspecified atom stereocenters. The summed E-state index contributed by atoms with van der Waals surface area (Å²) in [5, 5.41) is 0. The predicted molar refractivity (Wildman–Crippen MR) is 78.2 cm³/mol. The van der Waals surface area contributed by atoms with Gasteiger partial charge in [0.25, 0.3) is 0 Å². The number of nitrogens with zero attached hydrogens (tertiary/aromatic N) is 2. The van der Waals surface area contributed by atoms with Gasteiger partial charge in [0.2, 0.25) is 0 Å². The van der Waals surface area contributed by atoms with Crippen LogP contribution in [-0.2, 0) is 6.54 Å². The lowest BCUT2D eigenvalue weighted by atomic mass is 10.3. The highest BCUT2D eigenvalue weighted by molar-refractivity contribution is 9.10. The van der Waals surface area contributed by atoms with Gasteiger partial charge in [-0.05, 0) is 42.5 Å². The van der Waals surface area contributed by atoms with Gasteiger partial charge in [0.15, 0.2) is 4.77 Å². The molecule has 0 radical (unpaired) electrons. The van der Waals surface area contributed by atoms with Crippen LogP contribution in [0.3, 0.4) is 0 Å². The van der Waals surface area contributed by atoms with E-state index >= 15 is 0 Å². The van der Waals surface area contributed by atoms with Gasteiger partial charge >= 0.3 is 0 Å². The molecular weight excluding hydrogens is 310 g/mol. The quantitative estimate of drug-likeness (QED) is 0.727. The SMILES string of the molecule is S=c1[nH]c2ccc(Br)cc2n1Cc1ccccn1. The summed E-state index contributed by atoms with van der Waals surface area (Å²) in [5.74, 6) is 0. The highest BCUT2D eigenvalue weighted by Crippen LogP contribution is 2.20. The minimum atomic E-state index is 0.677. The summed E-state index contributed by atoms with van der Waals surface area (Å²) in [6.07, 6.45) is 1.80. The molecule has 5 heteroatoms. The van der Waals surface area contributed by atoms with E-state index in [-0.39, 0.29) is 0 Å². The normalized spacial score (nSPS) is 10.9. The molecule has 0 bridgehead atoms. The Morgan fingerprint density at radius 1 is 1.28 bits per heavy atom. The molecule has 90 valence electrons. The summed E-state index contributed by atoms with van der Waals surface area (Å²) in [7, 11) is 0. The van der Waals surface area contributed by atoms with Crippen molar-refractivity contribution < 1.29 is 0 Å². The molecule has 3 nitrogen and oxygen atoms in total. The number of aromatic nitrogens is 3. The van der Waals surface area contributed by atoms with Crippen molar-refractivity contribution in [2.24, 2.45) is 0 Å². The van der Waals surface area contributed by atoms with E-state index in [0.717, 1.165) is 21.2 Å². The summed E-state index contributed by atoms with van der Waals surface area (Å²) < 4.78 is 3.81. The molecule has 0 aliphatic carbocycles. The number of imidazole rings is 1. The van der Waals surface area contributed by atoms with E-state index in [2.05, 4.69) is 36.5 Å². The number of hydrogen-bond donors (Lipinski definition) is 1. The predicted octanol–water partition coefficient (Wildman–Crippen LogP) is 3.90. The van der Waals surface area contributed by atoms with Crippen LogP contribution in [0.1, 0.15) is 5.69 Å². The fourth-order valence-corrected chi connectivity index (χ4v) is 2.56. The van der Waals surface area contributed by atoms with Crippen molar-refractivity contribution >= 4 is 39.2 Å². The number of H-pyrrole nitrogens is 1. The molecular formula is C13H10BrN3S. The zero-order valence-electron chi connectivity index (χ0n) is 9.43. The van der Waals surface area contributed by atoms with Crippen molar-refractivity contribution in [3.8, 4) is 0 Å². The van der Waals surface area contributed by atoms with Gasteiger partial charge in [-0.3, -0.25) is 4.98 Å². The molecule has 2 heterocycles. The molecule has 3 rings (SSSR count). The van der Waals surface area contributed by atoms with E-state index in [9.17, 15) is 0 Å². The Balaban J connectivity index is 2.14. The van der Waals surface area contributed by atoms with Crippen LogP contribution in [0.15, 0.2) is 47.1 Å². The van der Waals surface area contributed by atoms with Crippen LogP contribution in [0.5, 0.6) is 0 Å². The van der Waals surface area contributed by atoms with Gasteiger partial charge in [0.05, 0.1) is 23.3 Å². The fraction of sp³-hybridized carbons (Fsp3) is 0.0769. The number of fused-ring (bicyclic) bond motifs is 1. The number of aromatic amines is 1. The van der Waals surface area contributed by atoms with Gasteiger partial charge in [0, 0.05) is 10.7 Å². The van der Waals surface area contributed by atoms with Crippen LogP contribution in [0.25, 0.3) is 11.0 Å². The van der Waals surface area contributed by atoms with E-state index in [1.165, 1.54) is 0 Å². The van der Waals surface area contributed by atoms with Gasteiger partial charge in [-0.2, -0.15) is 0 Å². The molecule has 1 aromatic carbocycles. The number of pyridine rings is 1. The second-order valence-corrected chi connectivity index (χ2v) is 5.30. The van der Waals surface area contributed by atoms with Crippen LogP contribution in [0.4, 0.5) is 0 Å². The largest absolute Gasteiger partial charge is 0.331 e. The molecule has 0 fully saturated rings. The number of nitrogens with one attached hydrogen (secondary N) is 1. The van der Waals surface area contributed by atoms with Crippen LogP contribution in [0, 0.1) is 4.77 Å². The smallest absolute Gasteiger partial charge is 0.178 e. The number of hydrogen-bond acceptors (Lipinski definition) is 2. The van der Waals surface area contributed by atoms with Crippen molar-refractivity contribution in [1.82, 2.24) is 14.5 Å². The van der Waals surface area contributed by atoms with Gasteiger partial charge in [-0.25, -0.2) is 0 Å². The van der Waals surface area contributed by atoms with E-state index in [1.807, 2.05) is 30.3 Å². The van der Waals surface area contributed by atoms with Crippen LogP contribution in [0.2, 0.25) is 0 Å². The molecule has 0 spiro atoms. The van der Waals surface area contributed by atoms with E-state index in [0.29, 0.717) is 11.3 Å². The first-order chi connectivity index (χ1) is 8.74. The summed E-state index contributed by atoms with van der Waals surface area (Å²) in [6.45, 7) is 0.677. The Morgan fingerprint density at radius 2 is 2.17 bits per heavy atom. The first-order valence-electron chi connectivity index (χ1n) is 5.52. The second-order valence-electron chi connectivity index (χ2n) is 4.00. The third kappa shape index (κ3) is 2.11. The monoisotopic (exact) mass is 319 g/mol. The topological polar surface area (TPSA) is 33.6 Å². The Morgan fingerprint density at radius 3 is 2.94 bits per heavy atom. The van der Waals surface area contributed by atoms with Gasteiger partial charge in [0.1, 0.15) is 0 Å². The molecule has 2 aromatic heterocycles. The number of rotatable bonds is 2. The average Bonchev–Trinajstić information content (AvgIpc) is 2.67. The Bertz CT molecular complexity index is 746. The summed E-state index contributed by atoms with van der Waals surface area (Å²) in [5.41, 5.74) is 3.12. The first kappa shape index (κ1) is 11.6. The van der Waals surface area contributed by atoms with Gasteiger partial charge in [-0.1, -0.05) is 22.0 Å². The lowest BCUT2D eigenvalue weighted by molar-refractivity contribution is 0.785. The number of halogens is 1. The third-order valence-electron chi connectivity index (χ3n) is 2.78. The Kier molecular flexibility index (Phi) is 3.01. The van der Waals surface area contributed by atoms with Crippen molar-refractivity contribution in [2.45, 2.75) is 6.54 Å². The molecule has 0 atom stereocenters.